The Kier molecular flexibility index (Phi) is 5.31. The second kappa shape index (κ2) is 7.20. The summed E-state index contributed by atoms with van der Waals surface area (Å²) in [5, 5.41) is 2.77. The first kappa shape index (κ1) is 15.5. The Balaban J connectivity index is 2.10. The van der Waals surface area contributed by atoms with Gasteiger partial charge in [-0.25, -0.2) is 4.39 Å². The molecule has 1 aromatic rings. The molecule has 0 aliphatic carbocycles. The van der Waals surface area contributed by atoms with Gasteiger partial charge in [-0.2, -0.15) is 0 Å². The highest BCUT2D eigenvalue weighted by atomic mass is 19.1. The van der Waals surface area contributed by atoms with Crippen molar-refractivity contribution < 1.29 is 14.0 Å². The minimum Gasteiger partial charge on any atom is -0.354 e. The summed E-state index contributed by atoms with van der Waals surface area (Å²) in [6.07, 6.45) is 3.00. The summed E-state index contributed by atoms with van der Waals surface area (Å²) in [4.78, 5) is 25.0. The van der Waals surface area contributed by atoms with Crippen molar-refractivity contribution in [3.05, 3.63) is 35.6 Å². The van der Waals surface area contributed by atoms with Gasteiger partial charge in [0.25, 0.3) is 0 Å². The van der Waals surface area contributed by atoms with Crippen LogP contribution >= 0.6 is 0 Å². The van der Waals surface area contributed by atoms with Gasteiger partial charge in [0.15, 0.2) is 0 Å². The fourth-order valence-corrected chi connectivity index (χ4v) is 2.70. The lowest BCUT2D eigenvalue weighted by molar-refractivity contribution is -0.136. The van der Waals surface area contributed by atoms with Crippen molar-refractivity contribution in [3.63, 3.8) is 0 Å². The predicted molar refractivity (Wildman–Crippen MR) is 78.1 cm³/mol. The van der Waals surface area contributed by atoms with Crippen molar-refractivity contribution in [1.82, 2.24) is 10.2 Å². The smallest absolute Gasteiger partial charge is 0.222 e. The van der Waals surface area contributed by atoms with Crippen molar-refractivity contribution in [2.75, 3.05) is 13.1 Å². The number of halogens is 1. The summed E-state index contributed by atoms with van der Waals surface area (Å²) in [5.41, 5.74) is 0.837. The lowest BCUT2D eigenvalue weighted by Gasteiger charge is -2.35. The molecule has 1 aliphatic rings. The molecule has 0 radical (unpaired) electrons. The summed E-state index contributed by atoms with van der Waals surface area (Å²) >= 11 is 0. The number of carbonyl (C=O) groups is 2. The number of nitrogens with one attached hydrogen (secondary N) is 1. The fraction of sp³-hybridized carbons (Fsp3) is 0.500. The van der Waals surface area contributed by atoms with E-state index in [0.717, 1.165) is 18.4 Å². The lowest BCUT2D eigenvalue weighted by atomic mass is 10.0. The lowest BCUT2D eigenvalue weighted by Crippen LogP contribution is -2.49. The van der Waals surface area contributed by atoms with Gasteiger partial charge in [0.1, 0.15) is 5.82 Å². The highest BCUT2D eigenvalue weighted by molar-refractivity contribution is 5.77. The van der Waals surface area contributed by atoms with E-state index >= 15 is 0 Å². The minimum absolute atomic E-state index is 0.119. The van der Waals surface area contributed by atoms with Gasteiger partial charge in [-0.3, -0.25) is 9.59 Å². The van der Waals surface area contributed by atoms with Gasteiger partial charge in [-0.15, -0.1) is 0 Å². The molecule has 0 saturated carbocycles. The molecule has 2 amide bonds. The van der Waals surface area contributed by atoms with Crippen LogP contribution in [0.1, 0.15) is 31.7 Å². The van der Waals surface area contributed by atoms with Crippen molar-refractivity contribution >= 4 is 11.8 Å². The molecule has 1 atom stereocenters. The van der Waals surface area contributed by atoms with Crippen LogP contribution in [0.15, 0.2) is 24.3 Å². The van der Waals surface area contributed by atoms with Crippen LogP contribution in [0.3, 0.4) is 0 Å². The van der Waals surface area contributed by atoms with Gasteiger partial charge in [0, 0.05) is 26.4 Å². The summed E-state index contributed by atoms with van der Waals surface area (Å²) in [5.74, 6) is -0.285. The summed E-state index contributed by atoms with van der Waals surface area (Å²) in [7, 11) is 0. The molecule has 1 heterocycles. The number of hydrogen-bond donors (Lipinski definition) is 1. The van der Waals surface area contributed by atoms with Gasteiger partial charge >= 0.3 is 0 Å². The normalized spacial score (nSPS) is 16.7. The standard InChI is InChI=1S/C16H21FN2O2/c1-12(20)18-11-15(19-8-3-2-7-16(19)21)10-13-5-4-6-14(17)9-13/h4-6,9,15H,2-3,7-8,10-11H2,1H3,(H,18,20). The Morgan fingerprint density at radius 2 is 2.24 bits per heavy atom. The molecule has 1 aromatic carbocycles. The number of amides is 2. The maximum Gasteiger partial charge on any atom is 0.222 e. The first-order chi connectivity index (χ1) is 10.1. The molecule has 0 bridgehead atoms. The molecule has 1 unspecified atom stereocenters. The average molecular weight is 292 g/mol. The third-order valence-electron chi connectivity index (χ3n) is 3.75. The van der Waals surface area contributed by atoms with E-state index in [-0.39, 0.29) is 23.7 Å². The van der Waals surface area contributed by atoms with E-state index < -0.39 is 0 Å². The van der Waals surface area contributed by atoms with Gasteiger partial charge in [-0.05, 0) is 37.0 Å². The van der Waals surface area contributed by atoms with Crippen molar-refractivity contribution in [3.8, 4) is 0 Å². The maximum atomic E-state index is 13.3. The second-order valence-electron chi connectivity index (χ2n) is 5.47. The minimum atomic E-state index is -0.282. The Morgan fingerprint density at radius 1 is 1.43 bits per heavy atom. The van der Waals surface area contributed by atoms with E-state index in [2.05, 4.69) is 5.32 Å². The number of carbonyl (C=O) groups excluding carboxylic acids is 2. The molecule has 1 saturated heterocycles. The van der Waals surface area contributed by atoms with Crippen molar-refractivity contribution in [1.29, 1.82) is 0 Å². The molecule has 1 aliphatic heterocycles. The molecule has 21 heavy (non-hydrogen) atoms. The van der Waals surface area contributed by atoms with E-state index in [1.807, 2.05) is 11.0 Å². The molecule has 2 rings (SSSR count). The zero-order chi connectivity index (χ0) is 15.2. The molecule has 4 nitrogen and oxygen atoms in total. The third-order valence-corrected chi connectivity index (χ3v) is 3.75. The number of rotatable bonds is 5. The van der Waals surface area contributed by atoms with Gasteiger partial charge in [-0.1, -0.05) is 12.1 Å². The van der Waals surface area contributed by atoms with Crippen LogP contribution in [0.2, 0.25) is 0 Å². The molecule has 0 spiro atoms. The Hall–Kier alpha value is -1.91. The first-order valence-corrected chi connectivity index (χ1v) is 7.34. The third kappa shape index (κ3) is 4.55. The first-order valence-electron chi connectivity index (χ1n) is 7.34. The maximum absolute atomic E-state index is 13.3. The SMILES string of the molecule is CC(=O)NCC(Cc1cccc(F)c1)N1CCCCC1=O. The number of hydrogen-bond acceptors (Lipinski definition) is 2. The van der Waals surface area contributed by atoms with Crippen LogP contribution in [0, 0.1) is 5.82 Å². The van der Waals surface area contributed by atoms with Crippen LogP contribution < -0.4 is 5.32 Å². The quantitative estimate of drug-likeness (QED) is 0.901. The van der Waals surface area contributed by atoms with Crippen LogP contribution in [0.4, 0.5) is 4.39 Å². The monoisotopic (exact) mass is 292 g/mol. The zero-order valence-electron chi connectivity index (χ0n) is 12.3. The fourth-order valence-electron chi connectivity index (χ4n) is 2.70. The Labute approximate surface area is 124 Å². The Bertz CT molecular complexity index is 519. The number of benzene rings is 1. The van der Waals surface area contributed by atoms with Crippen LogP contribution in [-0.4, -0.2) is 35.8 Å². The van der Waals surface area contributed by atoms with Crippen molar-refractivity contribution in [2.24, 2.45) is 0 Å². The number of likely N-dealkylation sites (tertiary alicyclic amines) is 1. The van der Waals surface area contributed by atoms with E-state index in [9.17, 15) is 14.0 Å². The largest absolute Gasteiger partial charge is 0.354 e. The summed E-state index contributed by atoms with van der Waals surface area (Å²) in [6, 6.07) is 6.27. The molecule has 114 valence electrons. The number of piperidine rings is 1. The molecule has 0 aromatic heterocycles. The zero-order valence-corrected chi connectivity index (χ0v) is 12.3. The van der Waals surface area contributed by atoms with Crippen molar-refractivity contribution in [2.45, 2.75) is 38.6 Å². The van der Waals surface area contributed by atoms with E-state index in [0.29, 0.717) is 25.9 Å². The molecule has 5 heteroatoms. The molecule has 1 fully saturated rings. The summed E-state index contributed by atoms with van der Waals surface area (Å²) < 4.78 is 13.3. The molecule has 1 N–H and O–H groups in total. The van der Waals surface area contributed by atoms with Crippen LogP contribution in [-0.2, 0) is 16.0 Å². The molecular weight excluding hydrogens is 271 g/mol. The number of nitrogens with zero attached hydrogens (tertiary/aromatic N) is 1. The van der Waals surface area contributed by atoms with Gasteiger partial charge in [0.2, 0.25) is 11.8 Å². The van der Waals surface area contributed by atoms with Gasteiger partial charge < -0.3 is 10.2 Å². The Morgan fingerprint density at radius 3 is 2.90 bits per heavy atom. The van der Waals surface area contributed by atoms with E-state index in [1.54, 1.807) is 6.07 Å². The van der Waals surface area contributed by atoms with Crippen LogP contribution in [0.5, 0.6) is 0 Å². The summed E-state index contributed by atoms with van der Waals surface area (Å²) in [6.45, 7) is 2.56. The highest BCUT2D eigenvalue weighted by Gasteiger charge is 2.26. The molecular formula is C16H21FN2O2. The van der Waals surface area contributed by atoms with E-state index in [4.69, 9.17) is 0 Å². The predicted octanol–water partition coefficient (Wildman–Crippen LogP) is 1.89. The van der Waals surface area contributed by atoms with E-state index in [1.165, 1.54) is 19.1 Å². The topological polar surface area (TPSA) is 49.4 Å². The highest BCUT2D eigenvalue weighted by Crippen LogP contribution is 2.17. The van der Waals surface area contributed by atoms with Crippen LogP contribution in [0.25, 0.3) is 0 Å². The average Bonchev–Trinajstić information content (AvgIpc) is 2.44. The van der Waals surface area contributed by atoms with Gasteiger partial charge in [0.05, 0.1) is 6.04 Å². The second-order valence-corrected chi connectivity index (χ2v) is 5.47.